The Bertz CT molecular complexity index is 205. The first-order valence-corrected chi connectivity index (χ1v) is 5.49. The number of carbonyl (C=O) groups is 1. The number of likely N-dealkylation sites (N-methyl/N-ethyl adjacent to an activating group) is 1. The van der Waals surface area contributed by atoms with Crippen LogP contribution in [0.4, 0.5) is 0 Å². The van der Waals surface area contributed by atoms with Crippen LogP contribution in [0.5, 0.6) is 0 Å². The summed E-state index contributed by atoms with van der Waals surface area (Å²) in [5.41, 5.74) is 5.17. The van der Waals surface area contributed by atoms with Crippen molar-refractivity contribution < 1.29 is 9.53 Å². The number of hydrogen-bond donors (Lipinski definition) is 1. The topological polar surface area (TPSA) is 55.6 Å². The number of carbonyl (C=O) groups excluding carboxylic acids is 1. The van der Waals surface area contributed by atoms with Crippen LogP contribution in [-0.4, -0.2) is 42.6 Å². The summed E-state index contributed by atoms with van der Waals surface area (Å²) in [6.45, 7) is 8.83. The molecule has 2 N–H and O–H groups in total. The molecule has 15 heavy (non-hydrogen) atoms. The van der Waals surface area contributed by atoms with Crippen LogP contribution in [0.2, 0.25) is 0 Å². The van der Waals surface area contributed by atoms with Gasteiger partial charge in [0.1, 0.15) is 0 Å². The van der Waals surface area contributed by atoms with Crippen molar-refractivity contribution in [2.75, 3.05) is 20.3 Å². The van der Waals surface area contributed by atoms with Gasteiger partial charge in [-0.3, -0.25) is 4.79 Å². The van der Waals surface area contributed by atoms with Gasteiger partial charge in [0.15, 0.2) is 0 Å². The van der Waals surface area contributed by atoms with E-state index in [1.807, 2.05) is 20.8 Å². The Hall–Kier alpha value is -0.610. The van der Waals surface area contributed by atoms with Crippen LogP contribution >= 0.6 is 0 Å². The van der Waals surface area contributed by atoms with Crippen LogP contribution in [0.25, 0.3) is 0 Å². The zero-order valence-electron chi connectivity index (χ0n) is 10.5. The molecule has 2 atom stereocenters. The maximum Gasteiger partial charge on any atom is 0.242 e. The average molecular weight is 216 g/mol. The first-order chi connectivity index (χ1) is 6.90. The van der Waals surface area contributed by atoms with Crippen molar-refractivity contribution in [3.63, 3.8) is 0 Å². The molecule has 0 aromatic heterocycles. The molecule has 0 fully saturated rings. The number of nitrogens with zero attached hydrogens (tertiary/aromatic N) is 1. The number of amides is 1. The molecule has 0 heterocycles. The quantitative estimate of drug-likeness (QED) is 0.720. The minimum absolute atomic E-state index is 0.00273. The summed E-state index contributed by atoms with van der Waals surface area (Å²) in [6, 6.07) is 0.0712. The fourth-order valence-electron chi connectivity index (χ4n) is 1.47. The summed E-state index contributed by atoms with van der Waals surface area (Å²) in [7, 11) is 1.64. The van der Waals surface area contributed by atoms with Crippen LogP contribution in [0.1, 0.15) is 34.1 Å². The molecule has 0 aromatic rings. The number of nitrogens with two attached hydrogens (primary N) is 1. The van der Waals surface area contributed by atoms with Gasteiger partial charge in [-0.25, -0.2) is 0 Å². The zero-order chi connectivity index (χ0) is 12.1. The van der Waals surface area contributed by atoms with E-state index < -0.39 is 5.54 Å². The zero-order valence-corrected chi connectivity index (χ0v) is 10.5. The van der Waals surface area contributed by atoms with Gasteiger partial charge in [-0.15, -0.1) is 0 Å². The highest BCUT2D eigenvalue weighted by molar-refractivity contribution is 5.85. The SMILES string of the molecule is CCN(C(=O)C(C)(N)CC)C(C)COC. The summed E-state index contributed by atoms with van der Waals surface area (Å²) in [5, 5.41) is 0. The molecule has 2 unspecified atom stereocenters. The van der Waals surface area contributed by atoms with E-state index >= 15 is 0 Å². The van der Waals surface area contributed by atoms with Gasteiger partial charge in [0.25, 0.3) is 0 Å². The van der Waals surface area contributed by atoms with Crippen LogP contribution < -0.4 is 5.73 Å². The molecule has 0 saturated heterocycles. The lowest BCUT2D eigenvalue weighted by atomic mass is 9.98. The van der Waals surface area contributed by atoms with Gasteiger partial charge in [-0.05, 0) is 27.2 Å². The second kappa shape index (κ2) is 6.08. The highest BCUT2D eigenvalue weighted by atomic mass is 16.5. The summed E-state index contributed by atoms with van der Waals surface area (Å²) in [6.07, 6.45) is 0.641. The normalized spacial score (nSPS) is 16.9. The van der Waals surface area contributed by atoms with Gasteiger partial charge in [-0.1, -0.05) is 6.92 Å². The van der Waals surface area contributed by atoms with E-state index in [4.69, 9.17) is 10.5 Å². The fraction of sp³-hybridized carbons (Fsp3) is 0.909. The van der Waals surface area contributed by atoms with E-state index in [9.17, 15) is 4.79 Å². The van der Waals surface area contributed by atoms with Crippen molar-refractivity contribution in [3.8, 4) is 0 Å². The summed E-state index contributed by atoms with van der Waals surface area (Å²) < 4.78 is 5.05. The maximum atomic E-state index is 12.1. The van der Waals surface area contributed by atoms with Gasteiger partial charge < -0.3 is 15.4 Å². The second-order valence-corrected chi connectivity index (χ2v) is 4.17. The molecule has 90 valence electrons. The largest absolute Gasteiger partial charge is 0.383 e. The van der Waals surface area contributed by atoms with Gasteiger partial charge in [0, 0.05) is 13.7 Å². The van der Waals surface area contributed by atoms with Crippen LogP contribution in [0.15, 0.2) is 0 Å². The average Bonchev–Trinajstić information content (AvgIpc) is 2.19. The molecule has 0 spiro atoms. The van der Waals surface area contributed by atoms with Gasteiger partial charge in [-0.2, -0.15) is 0 Å². The maximum absolute atomic E-state index is 12.1. The van der Waals surface area contributed by atoms with Gasteiger partial charge in [0.2, 0.25) is 5.91 Å². The molecule has 0 aromatic carbocycles. The third-order valence-electron chi connectivity index (χ3n) is 2.76. The fourth-order valence-corrected chi connectivity index (χ4v) is 1.47. The molecule has 0 aliphatic carbocycles. The molecule has 4 nitrogen and oxygen atoms in total. The molecule has 0 rings (SSSR count). The predicted molar refractivity (Wildman–Crippen MR) is 61.6 cm³/mol. The molecule has 0 radical (unpaired) electrons. The van der Waals surface area contributed by atoms with Crippen molar-refractivity contribution in [1.29, 1.82) is 0 Å². The third kappa shape index (κ3) is 3.80. The van der Waals surface area contributed by atoms with Gasteiger partial charge >= 0.3 is 0 Å². The Morgan fingerprint density at radius 2 is 2.07 bits per heavy atom. The molecule has 0 saturated carbocycles. The summed E-state index contributed by atoms with van der Waals surface area (Å²) >= 11 is 0. The summed E-state index contributed by atoms with van der Waals surface area (Å²) in [5.74, 6) is -0.00273. The predicted octanol–water partition coefficient (Wildman–Crippen LogP) is 0.997. The first kappa shape index (κ1) is 14.4. The lowest BCUT2D eigenvalue weighted by Gasteiger charge is -2.34. The highest BCUT2D eigenvalue weighted by Crippen LogP contribution is 2.12. The van der Waals surface area contributed by atoms with E-state index in [0.717, 1.165) is 0 Å². The smallest absolute Gasteiger partial charge is 0.242 e. The molecule has 0 bridgehead atoms. The monoisotopic (exact) mass is 216 g/mol. The molecular weight excluding hydrogens is 192 g/mol. The van der Waals surface area contributed by atoms with Crippen molar-refractivity contribution in [1.82, 2.24) is 4.90 Å². The van der Waals surface area contributed by atoms with Crippen molar-refractivity contribution >= 4 is 5.91 Å². The minimum atomic E-state index is -0.766. The molecule has 1 amide bonds. The molecular formula is C11H24N2O2. The van der Waals surface area contributed by atoms with E-state index in [-0.39, 0.29) is 11.9 Å². The van der Waals surface area contributed by atoms with E-state index in [2.05, 4.69) is 0 Å². The lowest BCUT2D eigenvalue weighted by molar-refractivity contribution is -0.139. The molecule has 0 aliphatic heterocycles. The van der Waals surface area contributed by atoms with Crippen molar-refractivity contribution in [2.24, 2.45) is 5.73 Å². The lowest BCUT2D eigenvalue weighted by Crippen LogP contribution is -2.55. The number of ether oxygens (including phenoxy) is 1. The van der Waals surface area contributed by atoms with E-state index in [1.165, 1.54) is 0 Å². The standard InChI is InChI=1S/C11H24N2O2/c1-6-11(4,12)10(14)13(7-2)9(3)8-15-5/h9H,6-8,12H2,1-5H3. The molecule has 4 heteroatoms. The van der Waals surface area contributed by atoms with Crippen molar-refractivity contribution in [2.45, 2.75) is 45.7 Å². The van der Waals surface area contributed by atoms with Gasteiger partial charge in [0.05, 0.1) is 18.2 Å². The molecule has 0 aliphatic rings. The summed E-state index contributed by atoms with van der Waals surface area (Å²) in [4.78, 5) is 13.9. The Morgan fingerprint density at radius 3 is 2.40 bits per heavy atom. The first-order valence-electron chi connectivity index (χ1n) is 5.49. The van der Waals surface area contributed by atoms with Crippen LogP contribution in [0, 0.1) is 0 Å². The Morgan fingerprint density at radius 1 is 1.53 bits per heavy atom. The highest BCUT2D eigenvalue weighted by Gasteiger charge is 2.32. The Balaban J connectivity index is 4.60. The Labute approximate surface area is 92.8 Å². The van der Waals surface area contributed by atoms with Crippen LogP contribution in [0.3, 0.4) is 0 Å². The number of hydrogen-bond acceptors (Lipinski definition) is 3. The van der Waals surface area contributed by atoms with Crippen molar-refractivity contribution in [3.05, 3.63) is 0 Å². The van der Waals surface area contributed by atoms with Crippen LogP contribution in [-0.2, 0) is 9.53 Å². The minimum Gasteiger partial charge on any atom is -0.383 e. The van der Waals surface area contributed by atoms with E-state index in [0.29, 0.717) is 19.6 Å². The van der Waals surface area contributed by atoms with E-state index in [1.54, 1.807) is 18.9 Å². The number of methoxy groups -OCH3 is 1. The Kier molecular flexibility index (Phi) is 5.83. The third-order valence-corrected chi connectivity index (χ3v) is 2.76. The number of rotatable bonds is 6. The second-order valence-electron chi connectivity index (χ2n) is 4.17.